The van der Waals surface area contributed by atoms with Crippen molar-refractivity contribution in [1.29, 1.82) is 0 Å². The van der Waals surface area contributed by atoms with Crippen molar-refractivity contribution >= 4 is 27.3 Å². The van der Waals surface area contributed by atoms with Gasteiger partial charge in [0.15, 0.2) is 11.5 Å². The molecule has 3 aromatic carbocycles. The van der Waals surface area contributed by atoms with Crippen LogP contribution in [0.1, 0.15) is 6.92 Å². The van der Waals surface area contributed by atoms with Crippen LogP contribution in [0.5, 0.6) is 23.0 Å². The van der Waals surface area contributed by atoms with Gasteiger partial charge in [-0.15, -0.1) is 0 Å². The van der Waals surface area contributed by atoms with Gasteiger partial charge in [0.1, 0.15) is 30.8 Å². The van der Waals surface area contributed by atoms with E-state index in [2.05, 4.69) is 5.32 Å². The molecule has 0 unspecified atom stereocenters. The van der Waals surface area contributed by atoms with Gasteiger partial charge >= 0.3 is 0 Å². The van der Waals surface area contributed by atoms with Crippen molar-refractivity contribution in [3.05, 3.63) is 72.8 Å². The van der Waals surface area contributed by atoms with E-state index in [9.17, 15) is 13.2 Å². The Kier molecular flexibility index (Phi) is 6.41. The van der Waals surface area contributed by atoms with Crippen molar-refractivity contribution in [3.63, 3.8) is 0 Å². The van der Waals surface area contributed by atoms with E-state index < -0.39 is 22.0 Å². The van der Waals surface area contributed by atoms with Crippen LogP contribution in [0.3, 0.4) is 0 Å². The number of ether oxygens (including phenoxy) is 3. The number of carbonyl (C=O) groups excluding carboxylic acids is 1. The molecule has 1 aliphatic rings. The van der Waals surface area contributed by atoms with E-state index in [0.717, 1.165) is 10.6 Å². The first-order valence-electron chi connectivity index (χ1n) is 10.3. The molecule has 172 valence electrons. The average Bonchev–Trinajstić information content (AvgIpc) is 2.80. The van der Waals surface area contributed by atoms with Gasteiger partial charge in [0, 0.05) is 11.8 Å². The molecular formula is C24H24N2O6S. The summed E-state index contributed by atoms with van der Waals surface area (Å²) in [4.78, 5) is 12.9. The lowest BCUT2D eigenvalue weighted by atomic mass is 10.2. The molecule has 0 saturated heterocycles. The van der Waals surface area contributed by atoms with Crippen molar-refractivity contribution in [2.24, 2.45) is 0 Å². The Hall–Kier alpha value is -3.72. The molecule has 0 radical (unpaired) electrons. The zero-order valence-electron chi connectivity index (χ0n) is 18.2. The first-order valence-corrected chi connectivity index (χ1v) is 12.2. The molecule has 1 aliphatic heterocycles. The van der Waals surface area contributed by atoms with Crippen LogP contribution < -0.4 is 23.8 Å². The van der Waals surface area contributed by atoms with Crippen LogP contribution in [0, 0.1) is 0 Å². The van der Waals surface area contributed by atoms with E-state index in [0.29, 0.717) is 47.6 Å². The van der Waals surface area contributed by atoms with E-state index in [4.69, 9.17) is 14.2 Å². The van der Waals surface area contributed by atoms with Crippen molar-refractivity contribution in [2.75, 3.05) is 29.1 Å². The fourth-order valence-corrected chi connectivity index (χ4v) is 4.64. The molecule has 0 bridgehead atoms. The van der Waals surface area contributed by atoms with Crippen molar-refractivity contribution in [1.82, 2.24) is 0 Å². The third kappa shape index (κ3) is 5.38. The number of anilines is 2. The average molecular weight is 469 g/mol. The molecule has 3 aromatic rings. The Morgan fingerprint density at radius 2 is 1.58 bits per heavy atom. The highest BCUT2D eigenvalue weighted by Crippen LogP contribution is 2.33. The number of carbonyl (C=O) groups is 1. The summed E-state index contributed by atoms with van der Waals surface area (Å²) >= 11 is 0. The number of hydrogen-bond donors (Lipinski definition) is 1. The minimum absolute atomic E-state index is 0.350. The predicted molar refractivity (Wildman–Crippen MR) is 126 cm³/mol. The van der Waals surface area contributed by atoms with Crippen LogP contribution in [-0.2, 0) is 14.8 Å². The van der Waals surface area contributed by atoms with Gasteiger partial charge in [-0.1, -0.05) is 18.2 Å². The van der Waals surface area contributed by atoms with Crippen LogP contribution in [0.2, 0.25) is 0 Å². The number of fused-ring (bicyclic) bond motifs is 1. The van der Waals surface area contributed by atoms with E-state index in [-0.39, 0.29) is 0 Å². The standard InChI is InChI=1S/C24H24N2O6S/c1-17(24(27)25-18-8-13-22-23(16-18)31-15-14-30-22)26(33(2,28)29)19-9-11-21(12-10-19)32-20-6-4-3-5-7-20/h3-13,16-17H,14-15H2,1-2H3,(H,25,27)/t17-/m0/s1. The van der Waals surface area contributed by atoms with E-state index in [1.807, 2.05) is 30.3 Å². The second-order valence-corrected chi connectivity index (χ2v) is 9.35. The molecule has 1 amide bonds. The highest BCUT2D eigenvalue weighted by Gasteiger charge is 2.29. The second kappa shape index (κ2) is 9.41. The van der Waals surface area contributed by atoms with Crippen LogP contribution in [-0.4, -0.2) is 39.8 Å². The van der Waals surface area contributed by atoms with Crippen molar-refractivity contribution in [2.45, 2.75) is 13.0 Å². The number of rotatable bonds is 7. The van der Waals surface area contributed by atoms with Crippen molar-refractivity contribution < 1.29 is 27.4 Å². The molecule has 33 heavy (non-hydrogen) atoms. The summed E-state index contributed by atoms with van der Waals surface area (Å²) in [6.45, 7) is 2.42. The molecule has 1 atom stereocenters. The van der Waals surface area contributed by atoms with E-state index in [1.54, 1.807) is 42.5 Å². The molecule has 9 heteroatoms. The van der Waals surface area contributed by atoms with Crippen LogP contribution in [0.4, 0.5) is 11.4 Å². The summed E-state index contributed by atoms with van der Waals surface area (Å²) < 4.78 is 43.0. The molecule has 0 spiro atoms. The smallest absolute Gasteiger partial charge is 0.247 e. The van der Waals surface area contributed by atoms with Crippen molar-refractivity contribution in [3.8, 4) is 23.0 Å². The zero-order valence-corrected chi connectivity index (χ0v) is 19.0. The van der Waals surface area contributed by atoms with Crippen LogP contribution in [0.15, 0.2) is 72.8 Å². The van der Waals surface area contributed by atoms with Crippen LogP contribution >= 0.6 is 0 Å². The highest BCUT2D eigenvalue weighted by atomic mass is 32.2. The quantitative estimate of drug-likeness (QED) is 0.562. The maximum absolute atomic E-state index is 12.9. The van der Waals surface area contributed by atoms with Gasteiger partial charge in [-0.2, -0.15) is 0 Å². The maximum atomic E-state index is 12.9. The molecule has 0 aliphatic carbocycles. The summed E-state index contributed by atoms with van der Waals surface area (Å²) in [6, 6.07) is 19.8. The first kappa shape index (κ1) is 22.5. The Balaban J connectivity index is 1.51. The maximum Gasteiger partial charge on any atom is 0.247 e. The Morgan fingerprint density at radius 3 is 2.24 bits per heavy atom. The molecule has 0 aromatic heterocycles. The third-order valence-corrected chi connectivity index (χ3v) is 6.21. The lowest BCUT2D eigenvalue weighted by Crippen LogP contribution is -2.45. The number of amides is 1. The fourth-order valence-electron chi connectivity index (χ4n) is 3.46. The summed E-state index contributed by atoms with van der Waals surface area (Å²) in [5.74, 6) is 1.86. The fraction of sp³-hybridized carbons (Fsp3) is 0.208. The Morgan fingerprint density at radius 1 is 0.939 bits per heavy atom. The summed E-state index contributed by atoms with van der Waals surface area (Å²) in [6.07, 6.45) is 1.06. The number of nitrogens with one attached hydrogen (secondary N) is 1. The topological polar surface area (TPSA) is 94.2 Å². The number of hydrogen-bond acceptors (Lipinski definition) is 6. The molecule has 0 saturated carbocycles. The lowest BCUT2D eigenvalue weighted by molar-refractivity contribution is -0.116. The number of benzene rings is 3. The number of para-hydroxylation sites is 1. The van der Waals surface area contributed by atoms with Gasteiger partial charge in [0.05, 0.1) is 11.9 Å². The molecule has 1 heterocycles. The summed E-state index contributed by atoms with van der Waals surface area (Å²) in [5.41, 5.74) is 0.832. The van der Waals surface area contributed by atoms with Gasteiger partial charge in [0.25, 0.3) is 0 Å². The minimum Gasteiger partial charge on any atom is -0.486 e. The largest absolute Gasteiger partial charge is 0.486 e. The third-order valence-electron chi connectivity index (χ3n) is 4.97. The monoisotopic (exact) mass is 468 g/mol. The highest BCUT2D eigenvalue weighted by molar-refractivity contribution is 7.92. The molecule has 8 nitrogen and oxygen atoms in total. The predicted octanol–water partition coefficient (Wildman–Crippen LogP) is 4.04. The SMILES string of the molecule is C[C@@H](C(=O)Nc1ccc2c(c1)OCCO2)N(c1ccc(Oc2ccccc2)cc1)S(C)(=O)=O. The summed E-state index contributed by atoms with van der Waals surface area (Å²) in [7, 11) is -3.75. The van der Waals surface area contributed by atoms with Gasteiger partial charge in [-0.25, -0.2) is 8.42 Å². The van der Waals surface area contributed by atoms with E-state index in [1.165, 1.54) is 6.92 Å². The Labute approximate surface area is 192 Å². The molecule has 4 rings (SSSR count). The lowest BCUT2D eigenvalue weighted by Gasteiger charge is -2.28. The van der Waals surface area contributed by atoms with Crippen LogP contribution in [0.25, 0.3) is 0 Å². The minimum atomic E-state index is -3.75. The Bertz CT molecular complexity index is 1230. The molecular weight excluding hydrogens is 444 g/mol. The summed E-state index contributed by atoms with van der Waals surface area (Å²) in [5, 5.41) is 2.75. The van der Waals surface area contributed by atoms with Gasteiger partial charge in [0.2, 0.25) is 15.9 Å². The molecule has 0 fully saturated rings. The van der Waals surface area contributed by atoms with Gasteiger partial charge in [-0.05, 0) is 55.5 Å². The van der Waals surface area contributed by atoms with Gasteiger partial charge in [-0.3, -0.25) is 9.10 Å². The first-order chi connectivity index (χ1) is 15.8. The second-order valence-electron chi connectivity index (χ2n) is 7.49. The number of nitrogens with zero attached hydrogens (tertiary/aromatic N) is 1. The molecule has 1 N–H and O–H groups in total. The van der Waals surface area contributed by atoms with Gasteiger partial charge < -0.3 is 19.5 Å². The normalized spacial score (nSPS) is 13.6. The zero-order chi connectivity index (χ0) is 23.4. The van der Waals surface area contributed by atoms with E-state index >= 15 is 0 Å². The number of sulfonamides is 1.